The number of hydrogen-bond donors (Lipinski definition) is 6. The van der Waals surface area contributed by atoms with E-state index in [4.69, 9.17) is 5.11 Å². The summed E-state index contributed by atoms with van der Waals surface area (Å²) in [6.45, 7) is 2.43. The molecule has 0 aliphatic carbocycles. The number of nitrogens with one attached hydrogen (secondary N) is 3. The third-order valence-corrected chi connectivity index (χ3v) is 4.52. The molecule has 0 spiro atoms. The van der Waals surface area contributed by atoms with Crippen molar-refractivity contribution in [3.63, 3.8) is 0 Å². The maximum Gasteiger partial charge on any atom is 0.488 e. The van der Waals surface area contributed by atoms with E-state index in [9.17, 15) is 14.8 Å². The van der Waals surface area contributed by atoms with Gasteiger partial charge in [-0.1, -0.05) is 24.3 Å². The molecule has 29 heavy (non-hydrogen) atoms. The first-order chi connectivity index (χ1) is 13.9. The van der Waals surface area contributed by atoms with Crippen LogP contribution in [0.25, 0.3) is 0 Å². The number of carboxylic acid groups (broad SMARTS) is 1. The minimum absolute atomic E-state index is 0.234. The van der Waals surface area contributed by atoms with Crippen LogP contribution in [0.15, 0.2) is 66.7 Å². The molecule has 0 saturated heterocycles. The Bertz CT molecular complexity index is 993. The van der Waals surface area contributed by atoms with Crippen molar-refractivity contribution in [1.29, 1.82) is 0 Å². The Kier molecular flexibility index (Phi) is 6.38. The second kappa shape index (κ2) is 9.14. The number of carbonyl (C=O) groups is 1. The molecule has 3 rings (SSSR count). The molecule has 0 bridgehead atoms. The molecule has 0 radical (unpaired) electrons. The quantitative estimate of drug-likeness (QED) is 0.258. The monoisotopic (exact) mass is 391 g/mol. The summed E-state index contributed by atoms with van der Waals surface area (Å²) in [7, 11) is -1.50. The lowest BCUT2D eigenvalue weighted by Gasteiger charge is -2.15. The van der Waals surface area contributed by atoms with Gasteiger partial charge in [0.25, 0.3) is 0 Å². The molecule has 0 amide bonds. The topological polar surface area (TPSA) is 114 Å². The van der Waals surface area contributed by atoms with Gasteiger partial charge in [-0.3, -0.25) is 0 Å². The van der Waals surface area contributed by atoms with Crippen LogP contribution in [0.5, 0.6) is 0 Å². The summed E-state index contributed by atoms with van der Waals surface area (Å²) in [4.78, 5) is 10.9. The highest BCUT2D eigenvalue weighted by molar-refractivity contribution is 6.59. The van der Waals surface area contributed by atoms with Crippen LogP contribution in [0, 0.1) is 6.92 Å². The van der Waals surface area contributed by atoms with Gasteiger partial charge in [0, 0.05) is 12.2 Å². The van der Waals surface area contributed by atoms with Gasteiger partial charge >= 0.3 is 13.1 Å². The number of hydrogen-bond acceptors (Lipinski definition) is 6. The van der Waals surface area contributed by atoms with E-state index in [0.29, 0.717) is 12.0 Å². The van der Waals surface area contributed by atoms with Gasteiger partial charge in [-0.25, -0.2) is 4.79 Å². The maximum absolute atomic E-state index is 10.9. The average Bonchev–Trinajstić information content (AvgIpc) is 2.72. The number of anilines is 3. The smallest absolute Gasteiger partial charge is 0.478 e. The van der Waals surface area contributed by atoms with Gasteiger partial charge in [-0.2, -0.15) is 0 Å². The maximum atomic E-state index is 10.9. The molecule has 3 aromatic carbocycles. The van der Waals surface area contributed by atoms with Crippen LogP contribution in [-0.2, 0) is 6.54 Å². The van der Waals surface area contributed by atoms with E-state index in [1.807, 2.05) is 37.3 Å². The number of carboxylic acids is 1. The SMILES string of the molecule is Cc1cc(NCc2ccccc2B(O)O)ccc1NNc1ccc(C(=O)O)cc1. The molecule has 0 unspecified atom stereocenters. The molecule has 0 saturated carbocycles. The van der Waals surface area contributed by atoms with Crippen molar-refractivity contribution < 1.29 is 19.9 Å². The van der Waals surface area contributed by atoms with Crippen LogP contribution in [0.2, 0.25) is 0 Å². The summed E-state index contributed by atoms with van der Waals surface area (Å²) < 4.78 is 0. The van der Waals surface area contributed by atoms with Gasteiger partial charge in [0.05, 0.1) is 16.9 Å². The van der Waals surface area contributed by atoms with Gasteiger partial charge in [-0.15, -0.1) is 0 Å². The summed E-state index contributed by atoms with van der Waals surface area (Å²) >= 11 is 0. The molecule has 6 N–H and O–H groups in total. The van der Waals surface area contributed by atoms with Crippen molar-refractivity contribution in [3.8, 4) is 0 Å². The first-order valence-electron chi connectivity index (χ1n) is 9.08. The fourth-order valence-electron chi connectivity index (χ4n) is 2.89. The highest BCUT2D eigenvalue weighted by atomic mass is 16.4. The summed E-state index contributed by atoms with van der Waals surface area (Å²) in [5, 5.41) is 31.1. The lowest BCUT2D eigenvalue weighted by Crippen LogP contribution is -2.33. The van der Waals surface area contributed by atoms with E-state index in [1.165, 1.54) is 12.1 Å². The molecule has 0 atom stereocenters. The van der Waals surface area contributed by atoms with Crippen molar-refractivity contribution in [2.45, 2.75) is 13.5 Å². The van der Waals surface area contributed by atoms with Gasteiger partial charge in [0.15, 0.2) is 0 Å². The van der Waals surface area contributed by atoms with Crippen molar-refractivity contribution in [3.05, 3.63) is 83.4 Å². The molecule has 8 heteroatoms. The highest BCUT2D eigenvalue weighted by Gasteiger charge is 2.14. The Balaban J connectivity index is 1.61. The second-order valence-corrected chi connectivity index (χ2v) is 6.59. The Labute approximate surface area is 169 Å². The zero-order chi connectivity index (χ0) is 20.8. The average molecular weight is 391 g/mol. The van der Waals surface area contributed by atoms with E-state index < -0.39 is 13.1 Å². The molecule has 148 valence electrons. The predicted molar refractivity (Wildman–Crippen MR) is 115 cm³/mol. The number of benzene rings is 3. The predicted octanol–water partition coefficient (Wildman–Crippen LogP) is 2.42. The Morgan fingerprint density at radius 2 is 1.62 bits per heavy atom. The van der Waals surface area contributed by atoms with Crippen molar-refractivity contribution in [1.82, 2.24) is 0 Å². The van der Waals surface area contributed by atoms with Crippen molar-refractivity contribution in [2.24, 2.45) is 0 Å². The van der Waals surface area contributed by atoms with Gasteiger partial charge in [0.2, 0.25) is 0 Å². The highest BCUT2D eigenvalue weighted by Crippen LogP contribution is 2.21. The van der Waals surface area contributed by atoms with Crippen LogP contribution in [0.1, 0.15) is 21.5 Å². The number of aromatic carboxylic acids is 1. The van der Waals surface area contributed by atoms with E-state index in [2.05, 4.69) is 16.2 Å². The summed E-state index contributed by atoms with van der Waals surface area (Å²) in [6.07, 6.45) is 0. The van der Waals surface area contributed by atoms with Crippen LogP contribution in [0.3, 0.4) is 0 Å². The molecule has 0 fully saturated rings. The van der Waals surface area contributed by atoms with E-state index in [0.717, 1.165) is 28.2 Å². The summed E-state index contributed by atoms with van der Waals surface area (Å²) in [6, 6.07) is 19.4. The first kappa shape index (κ1) is 20.3. The zero-order valence-electron chi connectivity index (χ0n) is 15.9. The third-order valence-electron chi connectivity index (χ3n) is 4.52. The fraction of sp³-hybridized carbons (Fsp3) is 0.0952. The third kappa shape index (κ3) is 5.28. The van der Waals surface area contributed by atoms with E-state index in [-0.39, 0.29) is 5.56 Å². The Hall–Kier alpha value is -3.49. The van der Waals surface area contributed by atoms with E-state index >= 15 is 0 Å². The molecular formula is C21H22BN3O4. The standard InChI is InChI=1S/C21H22BN3O4/c1-14-12-18(23-13-16-4-2-3-5-19(16)22(28)29)10-11-20(14)25-24-17-8-6-15(7-9-17)21(26)27/h2-12,23-25,28-29H,13H2,1H3,(H,26,27). The van der Waals surface area contributed by atoms with Crippen LogP contribution in [-0.4, -0.2) is 28.2 Å². The molecule has 7 nitrogen and oxygen atoms in total. The van der Waals surface area contributed by atoms with Gasteiger partial charge in [-0.05, 0) is 66.0 Å². The minimum Gasteiger partial charge on any atom is -0.478 e. The first-order valence-corrected chi connectivity index (χ1v) is 9.08. The van der Waals surface area contributed by atoms with Crippen LogP contribution >= 0.6 is 0 Å². The second-order valence-electron chi connectivity index (χ2n) is 6.59. The van der Waals surface area contributed by atoms with Gasteiger partial charge < -0.3 is 31.3 Å². The molecular weight excluding hydrogens is 369 g/mol. The molecule has 0 heterocycles. The summed E-state index contributed by atoms with van der Waals surface area (Å²) in [5.74, 6) is -0.959. The normalized spacial score (nSPS) is 10.3. The molecule has 3 aromatic rings. The lowest BCUT2D eigenvalue weighted by atomic mass is 9.77. The zero-order valence-corrected chi connectivity index (χ0v) is 15.9. The van der Waals surface area contributed by atoms with Crippen LogP contribution in [0.4, 0.5) is 17.1 Å². The fourth-order valence-corrected chi connectivity index (χ4v) is 2.89. The molecule has 0 aromatic heterocycles. The molecule has 0 aliphatic rings. The number of rotatable bonds is 8. The van der Waals surface area contributed by atoms with Crippen molar-refractivity contribution in [2.75, 3.05) is 16.2 Å². The Morgan fingerprint density at radius 3 is 2.28 bits per heavy atom. The lowest BCUT2D eigenvalue weighted by molar-refractivity contribution is 0.0697. The van der Waals surface area contributed by atoms with Crippen molar-refractivity contribution >= 4 is 35.6 Å². The van der Waals surface area contributed by atoms with Gasteiger partial charge in [0.1, 0.15) is 0 Å². The summed E-state index contributed by atoms with van der Waals surface area (Å²) in [5.41, 5.74) is 11.2. The minimum atomic E-state index is -1.50. The number of aryl methyl sites for hydroxylation is 1. The van der Waals surface area contributed by atoms with Crippen LogP contribution < -0.4 is 21.6 Å². The van der Waals surface area contributed by atoms with E-state index in [1.54, 1.807) is 24.3 Å². The Morgan fingerprint density at radius 1 is 0.931 bits per heavy atom. The molecule has 0 aliphatic heterocycles. The number of hydrazine groups is 1. The largest absolute Gasteiger partial charge is 0.488 e.